The van der Waals surface area contributed by atoms with Gasteiger partial charge in [-0.15, -0.1) is 0 Å². The van der Waals surface area contributed by atoms with Gasteiger partial charge in [0.1, 0.15) is 17.4 Å². The molecule has 3 nitrogen and oxygen atoms in total. The van der Waals surface area contributed by atoms with E-state index in [-0.39, 0.29) is 17.8 Å². The molecule has 0 saturated carbocycles. The van der Waals surface area contributed by atoms with Gasteiger partial charge in [-0.1, -0.05) is 0 Å². The topological polar surface area (TPSA) is 32.3 Å². The summed E-state index contributed by atoms with van der Waals surface area (Å²) in [5.74, 6) is -1.49. The zero-order valence-corrected chi connectivity index (χ0v) is 11.0. The van der Waals surface area contributed by atoms with E-state index < -0.39 is 11.6 Å². The van der Waals surface area contributed by atoms with Crippen LogP contribution < -0.4 is 5.32 Å². The summed E-state index contributed by atoms with van der Waals surface area (Å²) in [4.78, 5) is 13.1. The van der Waals surface area contributed by atoms with E-state index in [1.165, 1.54) is 19.1 Å². The summed E-state index contributed by atoms with van der Waals surface area (Å²) < 4.78 is 27.6. The summed E-state index contributed by atoms with van der Waals surface area (Å²) in [6, 6.07) is 2.67. The average molecular weight is 268 g/mol. The van der Waals surface area contributed by atoms with Crippen LogP contribution in [0.5, 0.6) is 0 Å². The molecule has 19 heavy (non-hydrogen) atoms. The molecule has 5 heteroatoms. The van der Waals surface area contributed by atoms with E-state index in [1.807, 2.05) is 0 Å². The molecule has 0 bridgehead atoms. The Hall–Kier alpha value is -1.33. The molecule has 0 aromatic heterocycles. The number of rotatable bonds is 4. The summed E-state index contributed by atoms with van der Waals surface area (Å²) in [5, 5.41) is 3.23. The number of hydrogen-bond acceptors (Lipinski definition) is 3. The first-order chi connectivity index (χ1) is 9.06. The van der Waals surface area contributed by atoms with Crippen molar-refractivity contribution in [2.45, 2.75) is 19.9 Å². The highest BCUT2D eigenvalue weighted by molar-refractivity contribution is 5.78. The predicted molar refractivity (Wildman–Crippen MR) is 68.9 cm³/mol. The van der Waals surface area contributed by atoms with Crippen LogP contribution in [0.4, 0.5) is 8.78 Å². The second-order valence-corrected chi connectivity index (χ2v) is 4.94. The number of hydrogen-bond donors (Lipinski definition) is 1. The summed E-state index contributed by atoms with van der Waals surface area (Å²) in [7, 11) is 0. The first kappa shape index (κ1) is 14.1. The van der Waals surface area contributed by atoms with Crippen molar-refractivity contribution in [3.05, 3.63) is 34.9 Å². The fourth-order valence-electron chi connectivity index (χ4n) is 2.29. The lowest BCUT2D eigenvalue weighted by Crippen LogP contribution is -2.42. The van der Waals surface area contributed by atoms with E-state index in [2.05, 4.69) is 10.2 Å². The number of Topliss-reactive ketones (excluding diaryl/α,β-unsaturated/α-hetero) is 1. The van der Waals surface area contributed by atoms with Crippen LogP contribution in [0, 0.1) is 11.6 Å². The van der Waals surface area contributed by atoms with Crippen molar-refractivity contribution in [1.29, 1.82) is 0 Å². The number of carbonyl (C=O) groups is 1. The van der Waals surface area contributed by atoms with E-state index in [9.17, 15) is 13.6 Å². The molecular formula is C14H18F2N2O. The van der Waals surface area contributed by atoms with Gasteiger partial charge in [0, 0.05) is 44.7 Å². The molecule has 1 aromatic carbocycles. The molecule has 0 aliphatic carbocycles. The van der Waals surface area contributed by atoms with Crippen molar-refractivity contribution >= 4 is 5.78 Å². The Bertz CT molecular complexity index is 448. The maximum Gasteiger partial charge on any atom is 0.134 e. The van der Waals surface area contributed by atoms with Crippen LogP contribution in [-0.2, 0) is 17.8 Å². The highest BCUT2D eigenvalue weighted by atomic mass is 19.1. The Kier molecular flexibility index (Phi) is 4.61. The summed E-state index contributed by atoms with van der Waals surface area (Å²) >= 11 is 0. The Morgan fingerprint density at radius 3 is 2.37 bits per heavy atom. The van der Waals surface area contributed by atoms with E-state index in [0.717, 1.165) is 26.2 Å². The van der Waals surface area contributed by atoms with E-state index in [0.29, 0.717) is 12.1 Å². The third kappa shape index (κ3) is 3.81. The minimum Gasteiger partial charge on any atom is -0.314 e. The van der Waals surface area contributed by atoms with Crippen molar-refractivity contribution < 1.29 is 13.6 Å². The fourth-order valence-corrected chi connectivity index (χ4v) is 2.29. The van der Waals surface area contributed by atoms with Crippen LogP contribution in [0.1, 0.15) is 18.1 Å². The minimum absolute atomic E-state index is 0.128. The molecule has 1 aliphatic heterocycles. The predicted octanol–water partition coefficient (Wildman–Crippen LogP) is 1.50. The minimum atomic E-state index is -0.625. The standard InChI is InChI=1S/C14H18F2N2O/c1-10(19)6-12-13(15)7-11(8-14(12)16)9-18-4-2-17-3-5-18/h7-8,17H,2-6,9H2,1H3. The van der Waals surface area contributed by atoms with Crippen LogP contribution in [0.3, 0.4) is 0 Å². The normalized spacial score (nSPS) is 16.6. The van der Waals surface area contributed by atoms with Crippen molar-refractivity contribution in [2.75, 3.05) is 26.2 Å². The van der Waals surface area contributed by atoms with Crippen molar-refractivity contribution in [2.24, 2.45) is 0 Å². The monoisotopic (exact) mass is 268 g/mol. The molecular weight excluding hydrogens is 250 g/mol. The van der Waals surface area contributed by atoms with Gasteiger partial charge in [-0.05, 0) is 24.6 Å². The third-order valence-electron chi connectivity index (χ3n) is 3.24. The van der Waals surface area contributed by atoms with Crippen molar-refractivity contribution in [3.8, 4) is 0 Å². The highest BCUT2D eigenvalue weighted by Gasteiger charge is 2.15. The van der Waals surface area contributed by atoms with Gasteiger partial charge < -0.3 is 5.32 Å². The lowest BCUT2D eigenvalue weighted by atomic mass is 10.0. The lowest BCUT2D eigenvalue weighted by Gasteiger charge is -2.27. The number of nitrogens with zero attached hydrogens (tertiary/aromatic N) is 1. The molecule has 104 valence electrons. The first-order valence-electron chi connectivity index (χ1n) is 6.45. The zero-order valence-electron chi connectivity index (χ0n) is 11.0. The van der Waals surface area contributed by atoms with Gasteiger partial charge in [0.15, 0.2) is 0 Å². The third-order valence-corrected chi connectivity index (χ3v) is 3.24. The molecule has 0 atom stereocenters. The largest absolute Gasteiger partial charge is 0.314 e. The van der Waals surface area contributed by atoms with Crippen molar-refractivity contribution in [1.82, 2.24) is 10.2 Å². The molecule has 1 saturated heterocycles. The van der Waals surface area contributed by atoms with Crippen LogP contribution in [0.15, 0.2) is 12.1 Å². The van der Waals surface area contributed by atoms with Gasteiger partial charge in [-0.2, -0.15) is 0 Å². The highest BCUT2D eigenvalue weighted by Crippen LogP contribution is 2.18. The smallest absolute Gasteiger partial charge is 0.134 e. The number of halogens is 2. The maximum absolute atomic E-state index is 13.8. The zero-order chi connectivity index (χ0) is 13.8. The Balaban J connectivity index is 2.12. The average Bonchev–Trinajstić information content (AvgIpc) is 2.35. The summed E-state index contributed by atoms with van der Waals surface area (Å²) in [5.41, 5.74) is 0.487. The Morgan fingerprint density at radius 2 is 1.84 bits per heavy atom. The quantitative estimate of drug-likeness (QED) is 0.898. The molecule has 0 radical (unpaired) electrons. The first-order valence-corrected chi connectivity index (χ1v) is 6.45. The SMILES string of the molecule is CC(=O)Cc1c(F)cc(CN2CCNCC2)cc1F. The molecule has 0 amide bonds. The van der Waals surface area contributed by atoms with Gasteiger partial charge in [0.05, 0.1) is 0 Å². The molecule has 0 unspecified atom stereocenters. The molecule has 1 aromatic rings. The molecule has 1 aliphatic rings. The molecule has 1 heterocycles. The van der Waals surface area contributed by atoms with E-state index in [1.54, 1.807) is 0 Å². The number of piperazine rings is 1. The Labute approximate surface area is 111 Å². The fraction of sp³-hybridized carbons (Fsp3) is 0.500. The van der Waals surface area contributed by atoms with Gasteiger partial charge in [-0.25, -0.2) is 8.78 Å². The van der Waals surface area contributed by atoms with Gasteiger partial charge in [0.25, 0.3) is 0 Å². The second kappa shape index (κ2) is 6.21. The summed E-state index contributed by atoms with van der Waals surface area (Å²) in [6.07, 6.45) is -0.189. The summed E-state index contributed by atoms with van der Waals surface area (Å²) in [6.45, 7) is 5.40. The van der Waals surface area contributed by atoms with Crippen molar-refractivity contribution in [3.63, 3.8) is 0 Å². The van der Waals surface area contributed by atoms with Crippen LogP contribution in [0.25, 0.3) is 0 Å². The molecule has 2 rings (SSSR count). The second-order valence-electron chi connectivity index (χ2n) is 4.94. The van der Waals surface area contributed by atoms with Gasteiger partial charge in [-0.3, -0.25) is 9.69 Å². The number of benzene rings is 1. The lowest BCUT2D eigenvalue weighted by molar-refractivity contribution is -0.116. The number of ketones is 1. The van der Waals surface area contributed by atoms with Crippen LogP contribution in [-0.4, -0.2) is 36.9 Å². The molecule has 1 fully saturated rings. The number of carbonyl (C=O) groups excluding carboxylic acids is 1. The molecule has 0 spiro atoms. The van der Waals surface area contributed by atoms with Gasteiger partial charge >= 0.3 is 0 Å². The van der Waals surface area contributed by atoms with E-state index in [4.69, 9.17) is 0 Å². The van der Waals surface area contributed by atoms with E-state index >= 15 is 0 Å². The number of nitrogens with one attached hydrogen (secondary N) is 1. The Morgan fingerprint density at radius 1 is 1.26 bits per heavy atom. The van der Waals surface area contributed by atoms with Crippen LogP contribution in [0.2, 0.25) is 0 Å². The van der Waals surface area contributed by atoms with Crippen LogP contribution >= 0.6 is 0 Å². The maximum atomic E-state index is 13.8. The van der Waals surface area contributed by atoms with Gasteiger partial charge in [0.2, 0.25) is 0 Å². The molecule has 1 N–H and O–H groups in total.